The predicted molar refractivity (Wildman–Crippen MR) is 48.5 cm³/mol. The molecule has 5 heteroatoms. The summed E-state index contributed by atoms with van der Waals surface area (Å²) < 4.78 is 37.8. The summed E-state index contributed by atoms with van der Waals surface area (Å²) in [7, 11) is 0. The van der Waals surface area contributed by atoms with E-state index in [2.05, 4.69) is 4.98 Å². The number of nitriles is 1. The number of halogens is 3. The van der Waals surface area contributed by atoms with Gasteiger partial charge in [-0.2, -0.15) is 18.4 Å². The van der Waals surface area contributed by atoms with Gasteiger partial charge in [-0.05, 0) is 19.1 Å². The van der Waals surface area contributed by atoms with E-state index in [0.717, 1.165) is 6.92 Å². The smallest absolute Gasteiger partial charge is 0.256 e. The molecule has 0 aliphatic rings. The van der Waals surface area contributed by atoms with Gasteiger partial charge in [0.05, 0.1) is 17.3 Å². The van der Waals surface area contributed by atoms with Crippen molar-refractivity contribution in [2.45, 2.75) is 13.1 Å². The average Bonchev–Trinajstić information content (AvgIpc) is 2.17. The molecule has 15 heavy (non-hydrogen) atoms. The quantitative estimate of drug-likeness (QED) is 0.671. The zero-order valence-corrected chi connectivity index (χ0v) is 7.84. The van der Waals surface area contributed by atoms with Crippen LogP contribution in [0.25, 0.3) is 5.57 Å². The van der Waals surface area contributed by atoms with Gasteiger partial charge in [0.25, 0.3) is 0 Å². The fraction of sp³-hybridized carbons (Fsp3) is 0.200. The molecule has 0 N–H and O–H groups in total. The first-order valence-electron chi connectivity index (χ1n) is 4.06. The van der Waals surface area contributed by atoms with Gasteiger partial charge in [-0.1, -0.05) is 6.07 Å². The normalized spacial score (nSPS) is 13.0. The van der Waals surface area contributed by atoms with Crippen LogP contribution in [0.5, 0.6) is 0 Å². The zero-order valence-electron chi connectivity index (χ0n) is 7.84. The molecule has 0 radical (unpaired) electrons. The number of hydrogen-bond donors (Lipinski definition) is 0. The second kappa shape index (κ2) is 4.13. The number of hydrogen-bond acceptors (Lipinski definition) is 2. The number of alkyl halides is 3. The lowest BCUT2D eigenvalue weighted by Crippen LogP contribution is -2.13. The number of allylic oxidation sites excluding steroid dienone is 2. The molecule has 0 aliphatic heterocycles. The summed E-state index contributed by atoms with van der Waals surface area (Å²) >= 11 is 0. The highest BCUT2D eigenvalue weighted by Gasteiger charge is 2.37. The van der Waals surface area contributed by atoms with Crippen LogP contribution in [-0.2, 0) is 0 Å². The average molecular weight is 212 g/mol. The van der Waals surface area contributed by atoms with E-state index in [9.17, 15) is 13.2 Å². The Hall–Kier alpha value is -1.83. The molecule has 1 heterocycles. The standard InChI is InChI=1S/C10H7F3N2/c1-7(6-14)9(10(11,12)13)8-4-2-3-5-15-8/h2-5H,1H3/b9-7-. The van der Waals surface area contributed by atoms with Crippen molar-refractivity contribution in [3.63, 3.8) is 0 Å². The van der Waals surface area contributed by atoms with Crippen molar-refractivity contribution in [2.24, 2.45) is 0 Å². The third kappa shape index (κ3) is 2.56. The van der Waals surface area contributed by atoms with Gasteiger partial charge in [-0.25, -0.2) is 0 Å². The van der Waals surface area contributed by atoms with E-state index in [-0.39, 0.29) is 11.3 Å². The van der Waals surface area contributed by atoms with Crippen LogP contribution in [0, 0.1) is 11.3 Å². The van der Waals surface area contributed by atoms with Crippen LogP contribution in [-0.4, -0.2) is 11.2 Å². The molecule has 0 saturated heterocycles. The fourth-order valence-electron chi connectivity index (χ4n) is 1.12. The van der Waals surface area contributed by atoms with Crippen molar-refractivity contribution in [1.82, 2.24) is 4.98 Å². The van der Waals surface area contributed by atoms with E-state index in [1.807, 2.05) is 0 Å². The van der Waals surface area contributed by atoms with Crippen LogP contribution in [0.3, 0.4) is 0 Å². The monoisotopic (exact) mass is 212 g/mol. The van der Waals surface area contributed by atoms with E-state index in [0.29, 0.717) is 0 Å². The highest BCUT2D eigenvalue weighted by molar-refractivity contribution is 5.72. The van der Waals surface area contributed by atoms with E-state index in [4.69, 9.17) is 5.26 Å². The van der Waals surface area contributed by atoms with Crippen LogP contribution in [0.15, 0.2) is 30.0 Å². The molecule has 1 aromatic heterocycles. The van der Waals surface area contributed by atoms with E-state index < -0.39 is 11.7 Å². The van der Waals surface area contributed by atoms with Gasteiger partial charge >= 0.3 is 6.18 Å². The van der Waals surface area contributed by atoms with Crippen molar-refractivity contribution in [1.29, 1.82) is 5.26 Å². The van der Waals surface area contributed by atoms with Gasteiger partial charge < -0.3 is 0 Å². The number of nitrogens with zero attached hydrogens (tertiary/aromatic N) is 2. The van der Waals surface area contributed by atoms with Gasteiger partial charge in [0.1, 0.15) is 0 Å². The van der Waals surface area contributed by atoms with Crippen molar-refractivity contribution in [3.8, 4) is 6.07 Å². The van der Waals surface area contributed by atoms with Gasteiger partial charge in [0, 0.05) is 11.8 Å². The first-order chi connectivity index (χ1) is 6.96. The molecule has 0 atom stereocenters. The molecule has 1 aromatic rings. The number of rotatable bonds is 1. The van der Waals surface area contributed by atoms with Crippen LogP contribution in [0.2, 0.25) is 0 Å². The Morgan fingerprint density at radius 3 is 2.47 bits per heavy atom. The predicted octanol–water partition coefficient (Wildman–Crippen LogP) is 2.94. The Morgan fingerprint density at radius 2 is 2.07 bits per heavy atom. The maximum Gasteiger partial charge on any atom is 0.419 e. The first kappa shape index (κ1) is 11.2. The molecule has 0 spiro atoms. The second-order valence-corrected chi connectivity index (χ2v) is 2.82. The van der Waals surface area contributed by atoms with Crippen molar-refractivity contribution >= 4 is 5.57 Å². The molecule has 0 fully saturated rings. The molecule has 1 rings (SSSR count). The van der Waals surface area contributed by atoms with E-state index in [1.54, 1.807) is 0 Å². The maximum atomic E-state index is 12.6. The number of aromatic nitrogens is 1. The van der Waals surface area contributed by atoms with Gasteiger partial charge in [-0.3, -0.25) is 4.98 Å². The Bertz CT molecular complexity index is 413. The lowest BCUT2D eigenvalue weighted by Gasteiger charge is -2.11. The van der Waals surface area contributed by atoms with Crippen molar-refractivity contribution in [3.05, 3.63) is 35.7 Å². The molecule has 0 aliphatic carbocycles. The molecule has 0 amide bonds. The van der Waals surface area contributed by atoms with Crippen molar-refractivity contribution in [2.75, 3.05) is 0 Å². The van der Waals surface area contributed by atoms with E-state index >= 15 is 0 Å². The van der Waals surface area contributed by atoms with E-state index in [1.165, 1.54) is 30.5 Å². The Kier molecular flexibility index (Phi) is 3.10. The lowest BCUT2D eigenvalue weighted by molar-refractivity contribution is -0.0695. The summed E-state index contributed by atoms with van der Waals surface area (Å²) in [6, 6.07) is 5.67. The minimum atomic E-state index is -4.56. The third-order valence-electron chi connectivity index (χ3n) is 1.75. The Morgan fingerprint density at radius 1 is 1.40 bits per heavy atom. The molecular weight excluding hydrogens is 205 g/mol. The molecule has 0 unspecified atom stereocenters. The zero-order chi connectivity index (χ0) is 11.5. The molecule has 0 bridgehead atoms. The molecular formula is C10H7F3N2. The molecule has 0 aromatic carbocycles. The SMILES string of the molecule is C/C(C#N)=C(\c1ccccn1)C(F)(F)F. The first-order valence-corrected chi connectivity index (χ1v) is 4.06. The van der Waals surface area contributed by atoms with Gasteiger partial charge in [0.15, 0.2) is 0 Å². The summed E-state index contributed by atoms with van der Waals surface area (Å²) in [5.41, 5.74) is -1.60. The van der Waals surface area contributed by atoms with Crippen LogP contribution < -0.4 is 0 Å². The molecule has 78 valence electrons. The van der Waals surface area contributed by atoms with Crippen LogP contribution in [0.4, 0.5) is 13.2 Å². The van der Waals surface area contributed by atoms with Gasteiger partial charge in [-0.15, -0.1) is 0 Å². The van der Waals surface area contributed by atoms with Crippen LogP contribution >= 0.6 is 0 Å². The molecule has 0 saturated carbocycles. The minimum Gasteiger partial charge on any atom is -0.256 e. The maximum absolute atomic E-state index is 12.6. The second-order valence-electron chi connectivity index (χ2n) is 2.82. The summed E-state index contributed by atoms with van der Waals surface area (Å²) in [5.74, 6) is 0. The highest BCUT2D eigenvalue weighted by atomic mass is 19.4. The topological polar surface area (TPSA) is 36.7 Å². The largest absolute Gasteiger partial charge is 0.419 e. The Balaban J connectivity index is 3.35. The summed E-state index contributed by atoms with van der Waals surface area (Å²) in [5, 5.41) is 8.49. The highest BCUT2D eigenvalue weighted by Crippen LogP contribution is 2.34. The minimum absolute atomic E-state index is 0.232. The van der Waals surface area contributed by atoms with Gasteiger partial charge in [0.2, 0.25) is 0 Å². The summed E-state index contributed by atoms with van der Waals surface area (Å²) in [4.78, 5) is 3.59. The number of pyridine rings is 1. The third-order valence-corrected chi connectivity index (χ3v) is 1.75. The van der Waals surface area contributed by atoms with Crippen LogP contribution in [0.1, 0.15) is 12.6 Å². The summed E-state index contributed by atoms with van der Waals surface area (Å²) in [6.07, 6.45) is -3.31. The van der Waals surface area contributed by atoms with Crippen molar-refractivity contribution < 1.29 is 13.2 Å². The fourth-order valence-corrected chi connectivity index (χ4v) is 1.12. The lowest BCUT2D eigenvalue weighted by atomic mass is 10.1. The summed E-state index contributed by atoms with van der Waals surface area (Å²) in [6.45, 7) is 1.12. The Labute approximate surface area is 84.7 Å². The molecule has 2 nitrogen and oxygen atoms in total.